The van der Waals surface area contributed by atoms with Gasteiger partial charge in [-0.2, -0.15) is 0 Å². The Bertz CT molecular complexity index is 1240. The predicted molar refractivity (Wildman–Crippen MR) is 135 cm³/mol. The van der Waals surface area contributed by atoms with Crippen molar-refractivity contribution < 1.29 is 19.4 Å². The van der Waals surface area contributed by atoms with Crippen LogP contribution in [0.1, 0.15) is 5.01 Å². The van der Waals surface area contributed by atoms with E-state index in [1.165, 1.54) is 23.1 Å². The van der Waals surface area contributed by atoms with E-state index in [4.69, 9.17) is 22.1 Å². The van der Waals surface area contributed by atoms with Crippen LogP contribution < -0.4 is 26.2 Å². The number of thiocarbonyl (C=S) groups is 1. The summed E-state index contributed by atoms with van der Waals surface area (Å²) in [6, 6.07) is 11.2. The fourth-order valence-corrected chi connectivity index (χ4v) is 5.09. The van der Waals surface area contributed by atoms with Gasteiger partial charge in [-0.25, -0.2) is 20.0 Å². The lowest BCUT2D eigenvalue weighted by Crippen LogP contribution is -2.45. The first-order valence-electron chi connectivity index (χ1n) is 9.53. The molecule has 13 heteroatoms. The van der Waals surface area contributed by atoms with Crippen LogP contribution in [-0.4, -0.2) is 51.2 Å². The quantitative estimate of drug-likeness (QED) is 0.263. The monoisotopic (exact) mass is 502 g/mol. The van der Waals surface area contributed by atoms with Gasteiger partial charge in [-0.15, -0.1) is 23.1 Å². The van der Waals surface area contributed by atoms with Crippen molar-refractivity contribution >= 4 is 79.1 Å². The Morgan fingerprint density at radius 3 is 2.58 bits per heavy atom. The molecule has 0 saturated carbocycles. The van der Waals surface area contributed by atoms with E-state index in [2.05, 4.69) is 31.5 Å². The van der Waals surface area contributed by atoms with Crippen LogP contribution in [0.15, 0.2) is 47.5 Å². The minimum absolute atomic E-state index is 0.215. The number of ether oxygens (including phenoxy) is 1. The number of hydrazine groups is 1. The van der Waals surface area contributed by atoms with Crippen LogP contribution >= 0.6 is 35.3 Å². The lowest BCUT2D eigenvalue weighted by atomic mass is 10.3. The molecular weight excluding hydrogens is 484 g/mol. The Kier molecular flexibility index (Phi) is 6.91. The molecule has 0 saturated heterocycles. The number of anilines is 2. The van der Waals surface area contributed by atoms with Crippen molar-refractivity contribution in [2.45, 2.75) is 6.04 Å². The molecule has 0 fully saturated rings. The van der Waals surface area contributed by atoms with Crippen molar-refractivity contribution in [3.05, 3.63) is 47.5 Å². The lowest BCUT2D eigenvalue weighted by molar-refractivity contribution is -0.137. The van der Waals surface area contributed by atoms with Crippen LogP contribution in [0, 0.1) is 0 Å². The summed E-state index contributed by atoms with van der Waals surface area (Å²) in [5.74, 6) is 0.181. The average molecular weight is 503 g/mol. The second kappa shape index (κ2) is 10.0. The summed E-state index contributed by atoms with van der Waals surface area (Å²) in [6.07, 6.45) is 0. The second-order valence-corrected chi connectivity index (χ2v) is 9.14. The maximum atomic E-state index is 12.2. The van der Waals surface area contributed by atoms with Gasteiger partial charge in [0.25, 0.3) is 0 Å². The number of carbonyl (C=O) groups excluding carboxylic acids is 1. The third-order valence-electron chi connectivity index (χ3n) is 4.40. The van der Waals surface area contributed by atoms with Crippen LogP contribution in [0.2, 0.25) is 0 Å². The highest BCUT2D eigenvalue weighted by Crippen LogP contribution is 2.31. The maximum Gasteiger partial charge on any atom is 0.337 e. The second-order valence-electron chi connectivity index (χ2n) is 6.69. The summed E-state index contributed by atoms with van der Waals surface area (Å²) < 4.78 is 5.95. The number of carboxylic acid groups (broad SMARTS) is 1. The number of thiazole rings is 1. The number of carboxylic acids is 1. The van der Waals surface area contributed by atoms with Crippen molar-refractivity contribution in [3.8, 4) is 5.75 Å². The van der Waals surface area contributed by atoms with Crippen molar-refractivity contribution in [3.63, 3.8) is 0 Å². The van der Waals surface area contributed by atoms with Gasteiger partial charge in [0.15, 0.2) is 11.2 Å². The van der Waals surface area contributed by atoms with Crippen molar-refractivity contribution in [1.29, 1.82) is 0 Å². The van der Waals surface area contributed by atoms with E-state index in [0.29, 0.717) is 21.5 Å². The predicted octanol–water partition coefficient (Wildman–Crippen LogP) is 3.27. The molecule has 10 nitrogen and oxygen atoms in total. The Morgan fingerprint density at radius 2 is 1.88 bits per heavy atom. The molecule has 0 bridgehead atoms. The standard InChI is InChI=1S/C20H18N6O4S3/c1-30-12-5-2-10(3-6-12)22-20(31)26-25-19(29)21-11-4-7-13-15(8-11)33-17(23-13)16-24-14(9-32-16)18(27)28/h2-8,14H,9H2,1H3,(H,27,28)(H2,21,25,29)(H2,22,26,31). The number of fused-ring (bicyclic) bond motifs is 1. The van der Waals surface area contributed by atoms with Crippen LogP contribution in [-0.2, 0) is 4.79 Å². The summed E-state index contributed by atoms with van der Waals surface area (Å²) in [4.78, 5) is 32.1. The number of aliphatic carboxylic acids is 1. The van der Waals surface area contributed by atoms with Crippen LogP contribution in [0.3, 0.4) is 0 Å². The number of amides is 2. The molecule has 2 heterocycles. The van der Waals surface area contributed by atoms with Crippen LogP contribution in [0.25, 0.3) is 10.2 Å². The molecule has 1 aliphatic heterocycles. The third kappa shape index (κ3) is 5.69. The number of benzene rings is 2. The molecule has 4 rings (SSSR count). The molecule has 33 heavy (non-hydrogen) atoms. The summed E-state index contributed by atoms with van der Waals surface area (Å²) >= 11 is 7.94. The number of hydrogen-bond acceptors (Lipinski definition) is 8. The number of aliphatic imine (C=N–C) groups is 1. The summed E-state index contributed by atoms with van der Waals surface area (Å²) in [7, 11) is 1.59. The fraction of sp³-hybridized carbons (Fsp3) is 0.150. The summed E-state index contributed by atoms with van der Waals surface area (Å²) in [6.45, 7) is 0. The van der Waals surface area contributed by atoms with E-state index in [-0.39, 0.29) is 5.11 Å². The highest BCUT2D eigenvalue weighted by molar-refractivity contribution is 8.15. The first kappa shape index (κ1) is 22.8. The van der Waals surface area contributed by atoms with Crippen LogP contribution in [0.5, 0.6) is 5.75 Å². The molecular formula is C20H18N6O4S3. The summed E-state index contributed by atoms with van der Waals surface area (Å²) in [5.41, 5.74) is 7.14. The molecule has 2 amide bonds. The number of hydrogen-bond donors (Lipinski definition) is 5. The lowest BCUT2D eigenvalue weighted by Gasteiger charge is -2.12. The minimum Gasteiger partial charge on any atom is -0.497 e. The van der Waals surface area contributed by atoms with Gasteiger partial charge in [0, 0.05) is 17.1 Å². The van der Waals surface area contributed by atoms with Crippen LogP contribution in [0.4, 0.5) is 16.2 Å². The summed E-state index contributed by atoms with van der Waals surface area (Å²) in [5, 5.41) is 16.3. The molecule has 1 unspecified atom stereocenters. The van der Waals surface area contributed by atoms with Gasteiger partial charge in [0.2, 0.25) is 0 Å². The highest BCUT2D eigenvalue weighted by Gasteiger charge is 2.26. The van der Waals surface area contributed by atoms with Crippen molar-refractivity contribution in [2.75, 3.05) is 23.5 Å². The molecule has 1 aromatic heterocycles. The van der Waals surface area contributed by atoms with Gasteiger partial charge >= 0.3 is 12.0 Å². The molecule has 3 aromatic rings. The number of thioether (sulfide) groups is 1. The normalized spacial score (nSPS) is 14.9. The largest absolute Gasteiger partial charge is 0.497 e. The zero-order chi connectivity index (χ0) is 23.4. The molecule has 1 aliphatic rings. The maximum absolute atomic E-state index is 12.2. The molecule has 2 aromatic carbocycles. The van der Waals surface area contributed by atoms with Gasteiger partial charge < -0.3 is 20.5 Å². The Labute approximate surface area is 201 Å². The van der Waals surface area contributed by atoms with E-state index in [1.54, 1.807) is 49.6 Å². The van der Waals surface area contributed by atoms with E-state index in [0.717, 1.165) is 21.7 Å². The number of nitrogens with zero attached hydrogens (tertiary/aromatic N) is 2. The van der Waals surface area contributed by atoms with Gasteiger partial charge in [-0.1, -0.05) is 0 Å². The number of rotatable bonds is 5. The average Bonchev–Trinajstić information content (AvgIpc) is 3.45. The zero-order valence-electron chi connectivity index (χ0n) is 17.1. The Balaban J connectivity index is 1.32. The Hall–Kier alpha value is -3.42. The zero-order valence-corrected chi connectivity index (χ0v) is 19.6. The topological polar surface area (TPSA) is 137 Å². The fourth-order valence-electron chi connectivity index (χ4n) is 2.82. The highest BCUT2D eigenvalue weighted by atomic mass is 32.2. The van der Waals surface area contributed by atoms with Gasteiger partial charge in [-0.05, 0) is 54.7 Å². The minimum atomic E-state index is -0.941. The first-order valence-corrected chi connectivity index (χ1v) is 11.7. The van der Waals surface area contributed by atoms with Gasteiger partial charge in [-0.3, -0.25) is 10.4 Å². The molecule has 170 valence electrons. The smallest absolute Gasteiger partial charge is 0.337 e. The molecule has 0 spiro atoms. The number of urea groups is 1. The van der Waals surface area contributed by atoms with E-state index < -0.39 is 18.0 Å². The number of aromatic nitrogens is 1. The number of carbonyl (C=O) groups is 2. The molecule has 0 aliphatic carbocycles. The molecule has 5 N–H and O–H groups in total. The molecule has 1 atom stereocenters. The van der Waals surface area contributed by atoms with E-state index >= 15 is 0 Å². The molecule has 0 radical (unpaired) electrons. The number of nitrogens with one attached hydrogen (secondary N) is 4. The van der Waals surface area contributed by atoms with Gasteiger partial charge in [0.1, 0.15) is 15.8 Å². The number of methoxy groups -OCH3 is 1. The third-order valence-corrected chi connectivity index (χ3v) is 6.82. The SMILES string of the molecule is COc1ccc(NC(=S)NNC(=O)Nc2ccc3nc(C4=NC(C(=O)O)CS4)sc3c2)cc1. The van der Waals surface area contributed by atoms with E-state index in [1.807, 2.05) is 0 Å². The van der Waals surface area contributed by atoms with Crippen molar-refractivity contribution in [1.82, 2.24) is 15.8 Å². The van der Waals surface area contributed by atoms with E-state index in [9.17, 15) is 9.59 Å². The van der Waals surface area contributed by atoms with Gasteiger partial charge in [0.05, 0.1) is 17.3 Å². The van der Waals surface area contributed by atoms with Crippen molar-refractivity contribution in [2.24, 2.45) is 4.99 Å². The first-order chi connectivity index (χ1) is 15.9. The Morgan fingerprint density at radius 1 is 1.12 bits per heavy atom.